The van der Waals surface area contributed by atoms with Crippen molar-refractivity contribution < 1.29 is 19.4 Å². The first-order valence-electron chi connectivity index (χ1n) is 13.0. The number of carbonyl (C=O) groups excluding carboxylic acids is 2. The van der Waals surface area contributed by atoms with Crippen LogP contribution >= 0.6 is 11.3 Å². The first kappa shape index (κ1) is 27.5. The molecule has 3 unspecified atom stereocenters. The van der Waals surface area contributed by atoms with Crippen LogP contribution in [0.25, 0.3) is 10.2 Å². The van der Waals surface area contributed by atoms with E-state index in [0.717, 1.165) is 47.9 Å². The van der Waals surface area contributed by atoms with E-state index in [9.17, 15) is 14.7 Å². The Labute approximate surface area is 214 Å². The third-order valence-corrected chi connectivity index (χ3v) is 8.38. The number of ether oxygens (including phenoxy) is 1. The van der Waals surface area contributed by atoms with Gasteiger partial charge in [0.25, 0.3) is 0 Å². The van der Waals surface area contributed by atoms with Crippen LogP contribution in [0, 0.1) is 17.3 Å². The maximum atomic E-state index is 13.3. The van der Waals surface area contributed by atoms with Gasteiger partial charge in [0.15, 0.2) is 0 Å². The van der Waals surface area contributed by atoms with Crippen molar-refractivity contribution in [2.45, 2.75) is 98.7 Å². The first-order valence-corrected chi connectivity index (χ1v) is 13.8. The fourth-order valence-electron chi connectivity index (χ4n) is 5.02. The van der Waals surface area contributed by atoms with Gasteiger partial charge in [0, 0.05) is 24.2 Å². The smallest absolute Gasteiger partial charge is 0.306 e. The standard InChI is InChI=1S/C29H41NO4S/c1-6-21-16-20(3)9-7-8-19(2)10-12-24(34-27(32)14-15-29(4,5)28(21)33)22-11-13-25-23(17-22)30-26(18-31)35-25/h10-11,13,17,20-21,24,31H,6-9,12,14-16,18H2,1-5H3/b19-10-. The van der Waals surface area contributed by atoms with Gasteiger partial charge in [-0.3, -0.25) is 9.59 Å². The summed E-state index contributed by atoms with van der Waals surface area (Å²) in [6, 6.07) is 5.94. The highest BCUT2D eigenvalue weighted by molar-refractivity contribution is 7.18. The van der Waals surface area contributed by atoms with Crippen molar-refractivity contribution in [2.75, 3.05) is 0 Å². The summed E-state index contributed by atoms with van der Waals surface area (Å²) >= 11 is 1.47. The van der Waals surface area contributed by atoms with Crippen LogP contribution in [0.15, 0.2) is 29.8 Å². The molecule has 0 saturated carbocycles. The number of nitrogens with zero attached hydrogens (tertiary/aromatic N) is 1. The van der Waals surface area contributed by atoms with E-state index in [1.165, 1.54) is 16.9 Å². The molecule has 3 rings (SSSR count). The average Bonchev–Trinajstić information content (AvgIpc) is 3.25. The Bertz CT molecular complexity index is 1050. The number of benzene rings is 1. The quantitative estimate of drug-likeness (QED) is 0.354. The molecular weight excluding hydrogens is 458 g/mol. The van der Waals surface area contributed by atoms with Crippen molar-refractivity contribution >= 4 is 33.3 Å². The highest BCUT2D eigenvalue weighted by Crippen LogP contribution is 2.34. The zero-order valence-electron chi connectivity index (χ0n) is 21.9. The fourth-order valence-corrected chi connectivity index (χ4v) is 5.83. The van der Waals surface area contributed by atoms with Crippen LogP contribution in [0.5, 0.6) is 0 Å². The number of carbonyl (C=O) groups is 2. The number of fused-ring (bicyclic) bond motifs is 1. The van der Waals surface area contributed by atoms with Crippen molar-refractivity contribution in [1.29, 1.82) is 0 Å². The monoisotopic (exact) mass is 499 g/mol. The van der Waals surface area contributed by atoms with E-state index in [1.807, 2.05) is 32.0 Å². The summed E-state index contributed by atoms with van der Waals surface area (Å²) < 4.78 is 7.00. The van der Waals surface area contributed by atoms with Gasteiger partial charge in [-0.25, -0.2) is 4.98 Å². The second-order valence-corrected chi connectivity index (χ2v) is 12.0. The van der Waals surface area contributed by atoms with Crippen molar-refractivity contribution in [1.82, 2.24) is 4.98 Å². The molecule has 6 heteroatoms. The summed E-state index contributed by atoms with van der Waals surface area (Å²) in [5, 5.41) is 10.1. The summed E-state index contributed by atoms with van der Waals surface area (Å²) in [6.45, 7) is 10.4. The van der Waals surface area contributed by atoms with Gasteiger partial charge in [0.2, 0.25) is 0 Å². The maximum Gasteiger partial charge on any atom is 0.306 e. The lowest BCUT2D eigenvalue weighted by atomic mass is 9.74. The normalized spacial score (nSPS) is 26.8. The molecule has 0 fully saturated rings. The molecule has 1 aliphatic heterocycles. The number of Topliss-reactive ketones (excluding diaryl/α,β-unsaturated/α-hetero) is 1. The number of hydrogen-bond acceptors (Lipinski definition) is 6. The Balaban J connectivity index is 1.86. The van der Waals surface area contributed by atoms with Gasteiger partial charge in [-0.05, 0) is 62.6 Å². The lowest BCUT2D eigenvalue weighted by molar-refractivity contribution is -0.150. The summed E-state index contributed by atoms with van der Waals surface area (Å²) in [5.74, 6) is 0.548. The fraction of sp³-hybridized carbons (Fsp3) is 0.621. The first-order chi connectivity index (χ1) is 16.6. The molecule has 0 aliphatic carbocycles. The largest absolute Gasteiger partial charge is 0.457 e. The van der Waals surface area contributed by atoms with E-state index in [4.69, 9.17) is 4.74 Å². The van der Waals surface area contributed by atoms with E-state index in [-0.39, 0.29) is 30.7 Å². The highest BCUT2D eigenvalue weighted by atomic mass is 32.1. The van der Waals surface area contributed by atoms with E-state index in [1.54, 1.807) is 0 Å². The lowest BCUT2D eigenvalue weighted by Crippen LogP contribution is -2.32. The van der Waals surface area contributed by atoms with Gasteiger partial charge >= 0.3 is 5.97 Å². The minimum atomic E-state index is -0.553. The summed E-state index contributed by atoms with van der Waals surface area (Å²) in [5.41, 5.74) is 2.46. The van der Waals surface area contributed by atoms with Crippen molar-refractivity contribution in [3.8, 4) is 0 Å². The number of ketones is 1. The minimum Gasteiger partial charge on any atom is -0.457 e. The molecule has 35 heavy (non-hydrogen) atoms. The van der Waals surface area contributed by atoms with Gasteiger partial charge in [0.05, 0.1) is 16.8 Å². The number of esters is 1. The molecule has 5 nitrogen and oxygen atoms in total. The molecule has 2 heterocycles. The van der Waals surface area contributed by atoms with Gasteiger partial charge in [-0.1, -0.05) is 51.8 Å². The number of aliphatic hydroxyl groups excluding tert-OH is 1. The second kappa shape index (κ2) is 12.3. The van der Waals surface area contributed by atoms with Gasteiger partial charge < -0.3 is 9.84 Å². The van der Waals surface area contributed by atoms with Crippen LogP contribution in [-0.4, -0.2) is 21.8 Å². The van der Waals surface area contributed by atoms with Crippen LogP contribution in [0.4, 0.5) is 0 Å². The zero-order valence-corrected chi connectivity index (χ0v) is 22.7. The Morgan fingerprint density at radius 1 is 1.23 bits per heavy atom. The summed E-state index contributed by atoms with van der Waals surface area (Å²) in [6.07, 6.45) is 8.08. The highest BCUT2D eigenvalue weighted by Gasteiger charge is 2.34. The molecule has 2 aromatic rings. The molecule has 1 N–H and O–H groups in total. The van der Waals surface area contributed by atoms with E-state index in [0.29, 0.717) is 23.8 Å². The molecule has 192 valence electrons. The number of thiazole rings is 1. The molecule has 0 amide bonds. The Kier molecular flexibility index (Phi) is 9.65. The molecule has 0 saturated heterocycles. The number of allylic oxidation sites excluding steroid dienone is 1. The molecule has 0 bridgehead atoms. The number of hydrogen-bond donors (Lipinski definition) is 1. The Morgan fingerprint density at radius 3 is 2.71 bits per heavy atom. The molecular formula is C29H41NO4S. The Morgan fingerprint density at radius 2 is 2.00 bits per heavy atom. The van der Waals surface area contributed by atoms with Gasteiger partial charge in [0.1, 0.15) is 16.9 Å². The van der Waals surface area contributed by atoms with Crippen molar-refractivity contribution in [3.05, 3.63) is 40.4 Å². The van der Waals surface area contributed by atoms with Crippen LogP contribution in [-0.2, 0) is 20.9 Å². The van der Waals surface area contributed by atoms with Crippen LogP contribution in [0.1, 0.15) is 103 Å². The third-order valence-electron chi connectivity index (χ3n) is 7.36. The van der Waals surface area contributed by atoms with E-state index in [2.05, 4.69) is 31.8 Å². The Hall–Kier alpha value is -2.05. The van der Waals surface area contributed by atoms with Crippen LogP contribution in [0.3, 0.4) is 0 Å². The van der Waals surface area contributed by atoms with Crippen LogP contribution < -0.4 is 0 Å². The maximum absolute atomic E-state index is 13.3. The van der Waals surface area contributed by atoms with E-state index >= 15 is 0 Å². The van der Waals surface area contributed by atoms with Gasteiger partial charge in [-0.15, -0.1) is 11.3 Å². The van der Waals surface area contributed by atoms with Crippen LogP contribution in [0.2, 0.25) is 0 Å². The minimum absolute atomic E-state index is 0.0435. The number of aromatic nitrogens is 1. The molecule has 1 aromatic carbocycles. The molecule has 0 radical (unpaired) electrons. The predicted octanol–water partition coefficient (Wildman–Crippen LogP) is 7.32. The van der Waals surface area contributed by atoms with Gasteiger partial charge in [-0.2, -0.15) is 0 Å². The predicted molar refractivity (Wildman–Crippen MR) is 142 cm³/mol. The van der Waals surface area contributed by atoms with E-state index < -0.39 is 11.5 Å². The number of cyclic esters (lactones) is 1. The topological polar surface area (TPSA) is 76.5 Å². The number of rotatable bonds is 3. The molecule has 0 spiro atoms. The van der Waals surface area contributed by atoms with Crippen molar-refractivity contribution in [2.24, 2.45) is 17.3 Å². The summed E-state index contributed by atoms with van der Waals surface area (Å²) in [4.78, 5) is 30.8. The summed E-state index contributed by atoms with van der Waals surface area (Å²) in [7, 11) is 0. The molecule has 1 aliphatic rings. The number of aliphatic hydroxyl groups is 1. The second-order valence-electron chi connectivity index (χ2n) is 10.8. The SMILES string of the molecule is CCC1CC(C)CCC/C(C)=C\CC(c2ccc3sc(CO)nc3c2)OC(=O)CCC(C)(C)C1=O. The molecule has 1 aromatic heterocycles. The molecule has 3 atom stereocenters. The third kappa shape index (κ3) is 7.47. The van der Waals surface area contributed by atoms with Crippen molar-refractivity contribution in [3.63, 3.8) is 0 Å². The lowest BCUT2D eigenvalue weighted by Gasteiger charge is -2.29. The zero-order chi connectivity index (χ0) is 25.6. The average molecular weight is 500 g/mol.